The average molecular weight is 462 g/mol. The second kappa shape index (κ2) is 9.58. The summed E-state index contributed by atoms with van der Waals surface area (Å²) in [5.74, 6) is -0.0587. The summed E-state index contributed by atoms with van der Waals surface area (Å²) < 4.78 is 6.51. The molecule has 1 saturated heterocycles. The molecule has 0 radical (unpaired) electrons. The number of carbonyl (C=O) groups excluding carboxylic acids is 3. The lowest BCUT2D eigenvalue weighted by Gasteiger charge is -2.38. The zero-order valence-corrected chi connectivity index (χ0v) is 19.5. The topological polar surface area (TPSA) is 79.0 Å². The Labute approximate surface area is 200 Å². The first kappa shape index (κ1) is 22.6. The first-order valence-corrected chi connectivity index (χ1v) is 12.2. The number of nitrogens with one attached hydrogen (secondary N) is 1. The first-order chi connectivity index (χ1) is 16.5. The van der Waals surface area contributed by atoms with Crippen molar-refractivity contribution in [3.8, 4) is 5.75 Å². The molecule has 5 rings (SSSR count). The van der Waals surface area contributed by atoms with Crippen LogP contribution < -0.4 is 10.1 Å². The van der Waals surface area contributed by atoms with Gasteiger partial charge in [-0.1, -0.05) is 36.8 Å². The van der Waals surface area contributed by atoms with Gasteiger partial charge in [-0.25, -0.2) is 0 Å². The Kier molecular flexibility index (Phi) is 6.37. The molecule has 3 atom stereocenters. The van der Waals surface area contributed by atoms with Crippen molar-refractivity contribution < 1.29 is 19.1 Å². The number of benzene rings is 2. The third-order valence-corrected chi connectivity index (χ3v) is 7.29. The Balaban J connectivity index is 1.28. The highest BCUT2D eigenvalue weighted by Gasteiger charge is 2.39. The minimum absolute atomic E-state index is 0.0869. The van der Waals surface area contributed by atoms with Crippen LogP contribution in [0.5, 0.6) is 5.75 Å². The van der Waals surface area contributed by atoms with Gasteiger partial charge in [-0.05, 0) is 62.1 Å². The van der Waals surface area contributed by atoms with Crippen LogP contribution in [0.1, 0.15) is 60.0 Å². The van der Waals surface area contributed by atoms with Gasteiger partial charge in [0.15, 0.2) is 0 Å². The second-order valence-electron chi connectivity index (χ2n) is 9.63. The fourth-order valence-electron chi connectivity index (χ4n) is 5.51. The van der Waals surface area contributed by atoms with Gasteiger partial charge in [-0.15, -0.1) is 0 Å². The Morgan fingerprint density at radius 2 is 1.82 bits per heavy atom. The van der Waals surface area contributed by atoms with Crippen LogP contribution in [0.3, 0.4) is 0 Å². The molecular formula is C27H31N3O4. The summed E-state index contributed by atoms with van der Waals surface area (Å²) in [7, 11) is 2.17. The molecular weight excluding hydrogens is 430 g/mol. The normalized spacial score (nSPS) is 24.8. The number of likely N-dealkylation sites (N-methyl/N-ethyl adjacent to an activating group) is 1. The van der Waals surface area contributed by atoms with Gasteiger partial charge in [-0.2, -0.15) is 0 Å². The highest BCUT2D eigenvalue weighted by atomic mass is 16.5. The van der Waals surface area contributed by atoms with Crippen LogP contribution in [0.4, 0.5) is 0 Å². The SMILES string of the molecule is CN(Cc1ccccc1)[C@@H]1CCCC[C@@H]1Oc1ccc2c(c1)CN(C1CCC(=O)NC1=O)C2=O. The summed E-state index contributed by atoms with van der Waals surface area (Å²) in [6.45, 7) is 1.24. The Hall–Kier alpha value is -3.19. The summed E-state index contributed by atoms with van der Waals surface area (Å²) in [6.07, 6.45) is 5.15. The average Bonchev–Trinajstić information content (AvgIpc) is 3.15. The molecule has 3 amide bonds. The minimum Gasteiger partial charge on any atom is -0.489 e. The van der Waals surface area contributed by atoms with E-state index in [2.05, 4.69) is 41.5 Å². The summed E-state index contributed by atoms with van der Waals surface area (Å²) in [5, 5.41) is 2.35. The van der Waals surface area contributed by atoms with Crippen molar-refractivity contribution in [2.24, 2.45) is 0 Å². The van der Waals surface area contributed by atoms with Crippen molar-refractivity contribution in [3.63, 3.8) is 0 Å². The molecule has 34 heavy (non-hydrogen) atoms. The molecule has 1 N–H and O–H groups in total. The summed E-state index contributed by atoms with van der Waals surface area (Å²) in [5.41, 5.74) is 2.77. The lowest BCUT2D eigenvalue weighted by Crippen LogP contribution is -2.52. The number of ether oxygens (including phenoxy) is 1. The van der Waals surface area contributed by atoms with Gasteiger partial charge in [-0.3, -0.25) is 24.6 Å². The van der Waals surface area contributed by atoms with Gasteiger partial charge < -0.3 is 9.64 Å². The molecule has 2 fully saturated rings. The fourth-order valence-corrected chi connectivity index (χ4v) is 5.51. The Morgan fingerprint density at radius 3 is 2.62 bits per heavy atom. The van der Waals surface area contributed by atoms with Crippen LogP contribution in [0.15, 0.2) is 48.5 Å². The van der Waals surface area contributed by atoms with Crippen LogP contribution in [0, 0.1) is 0 Å². The third-order valence-electron chi connectivity index (χ3n) is 7.29. The first-order valence-electron chi connectivity index (χ1n) is 12.2. The van der Waals surface area contributed by atoms with E-state index in [-0.39, 0.29) is 30.2 Å². The predicted molar refractivity (Wildman–Crippen MR) is 127 cm³/mol. The molecule has 0 aromatic heterocycles. The number of nitrogens with zero attached hydrogens (tertiary/aromatic N) is 2. The van der Waals surface area contributed by atoms with Gasteiger partial charge >= 0.3 is 0 Å². The van der Waals surface area contributed by atoms with E-state index in [1.54, 1.807) is 4.90 Å². The Morgan fingerprint density at radius 1 is 1.03 bits per heavy atom. The van der Waals surface area contributed by atoms with Crippen molar-refractivity contribution in [1.29, 1.82) is 0 Å². The highest BCUT2D eigenvalue weighted by molar-refractivity contribution is 6.05. The molecule has 0 bridgehead atoms. The van der Waals surface area contributed by atoms with E-state index < -0.39 is 6.04 Å². The van der Waals surface area contributed by atoms with Crippen molar-refractivity contribution in [2.75, 3.05) is 7.05 Å². The molecule has 2 aromatic rings. The van der Waals surface area contributed by atoms with Gasteiger partial charge in [0.2, 0.25) is 11.8 Å². The Bertz CT molecular complexity index is 1090. The van der Waals surface area contributed by atoms with E-state index in [4.69, 9.17) is 4.74 Å². The van der Waals surface area contributed by atoms with Crippen LogP contribution >= 0.6 is 0 Å². The second-order valence-corrected chi connectivity index (χ2v) is 9.63. The fraction of sp³-hybridized carbons (Fsp3) is 0.444. The van der Waals surface area contributed by atoms with Crippen LogP contribution in [0.25, 0.3) is 0 Å². The maximum Gasteiger partial charge on any atom is 0.255 e. The largest absolute Gasteiger partial charge is 0.489 e. The van der Waals surface area contributed by atoms with Gasteiger partial charge in [0.25, 0.3) is 5.91 Å². The number of hydrogen-bond donors (Lipinski definition) is 1. The van der Waals surface area contributed by atoms with E-state index in [0.29, 0.717) is 24.6 Å². The van der Waals surface area contributed by atoms with Gasteiger partial charge in [0.05, 0.1) is 0 Å². The van der Waals surface area contributed by atoms with Crippen molar-refractivity contribution in [3.05, 3.63) is 65.2 Å². The number of fused-ring (bicyclic) bond motifs is 1. The number of carbonyl (C=O) groups is 3. The smallest absolute Gasteiger partial charge is 0.255 e. The molecule has 0 spiro atoms. The zero-order chi connectivity index (χ0) is 23.7. The minimum atomic E-state index is -0.601. The van der Waals surface area contributed by atoms with E-state index in [0.717, 1.165) is 37.1 Å². The number of hydrogen-bond acceptors (Lipinski definition) is 5. The molecule has 2 heterocycles. The molecule has 2 aromatic carbocycles. The standard InChI is InChI=1S/C27H31N3O4/c1-29(16-18-7-3-2-4-8-18)22-9-5-6-10-24(22)34-20-11-12-21-19(15-20)17-30(27(21)33)23-13-14-25(31)28-26(23)32/h2-4,7-8,11-12,15,22-24H,5-6,9-10,13-14,16-17H2,1H3,(H,28,31,32)/t22-,23?,24+/m1/s1. The lowest BCUT2D eigenvalue weighted by atomic mass is 9.91. The van der Waals surface area contributed by atoms with Gasteiger partial charge in [0.1, 0.15) is 17.9 Å². The number of rotatable bonds is 6. The number of piperidine rings is 1. The molecule has 2 aliphatic heterocycles. The molecule has 1 saturated carbocycles. The molecule has 7 nitrogen and oxygen atoms in total. The van der Waals surface area contributed by atoms with Crippen LogP contribution in [0.2, 0.25) is 0 Å². The quantitative estimate of drug-likeness (QED) is 0.668. The van der Waals surface area contributed by atoms with Crippen molar-refractivity contribution >= 4 is 17.7 Å². The molecule has 1 aliphatic carbocycles. The molecule has 7 heteroatoms. The number of amides is 3. The van der Waals surface area contributed by atoms with Crippen molar-refractivity contribution in [1.82, 2.24) is 15.1 Å². The summed E-state index contributed by atoms with van der Waals surface area (Å²) in [6, 6.07) is 15.8. The maximum atomic E-state index is 13.0. The monoisotopic (exact) mass is 461 g/mol. The summed E-state index contributed by atoms with van der Waals surface area (Å²) in [4.78, 5) is 40.7. The highest BCUT2D eigenvalue weighted by Crippen LogP contribution is 2.33. The maximum absolute atomic E-state index is 13.0. The third kappa shape index (κ3) is 4.57. The van der Waals surface area contributed by atoms with Crippen molar-refractivity contribution in [2.45, 2.75) is 69.8 Å². The van der Waals surface area contributed by atoms with E-state index in [9.17, 15) is 14.4 Å². The zero-order valence-electron chi connectivity index (χ0n) is 19.5. The lowest BCUT2D eigenvalue weighted by molar-refractivity contribution is -0.136. The molecule has 1 unspecified atom stereocenters. The predicted octanol–water partition coefficient (Wildman–Crippen LogP) is 3.27. The van der Waals surface area contributed by atoms with Crippen LogP contribution in [-0.2, 0) is 22.7 Å². The van der Waals surface area contributed by atoms with Crippen LogP contribution in [-0.4, -0.2) is 52.8 Å². The van der Waals surface area contributed by atoms with E-state index in [1.165, 1.54) is 12.0 Å². The van der Waals surface area contributed by atoms with E-state index in [1.807, 2.05) is 24.3 Å². The molecule has 3 aliphatic rings. The molecule has 178 valence electrons. The summed E-state index contributed by atoms with van der Waals surface area (Å²) >= 11 is 0. The van der Waals surface area contributed by atoms with Gasteiger partial charge in [0, 0.05) is 31.1 Å². The van der Waals surface area contributed by atoms with E-state index >= 15 is 0 Å². The number of imide groups is 1.